The number of pyridine rings is 1. The molecule has 0 saturated carbocycles. The molecule has 1 aromatic heterocycles. The van der Waals surface area contributed by atoms with Crippen molar-refractivity contribution in [1.29, 1.82) is 0 Å². The third kappa shape index (κ3) is 2.62. The zero-order chi connectivity index (χ0) is 12.4. The Hall–Kier alpha value is -1.05. The minimum Gasteiger partial charge on any atom is -0.253 e. The van der Waals surface area contributed by atoms with Crippen LogP contribution in [-0.4, -0.2) is 4.98 Å². The van der Waals surface area contributed by atoms with Crippen LogP contribution in [0.1, 0.15) is 18.2 Å². The number of rotatable bonds is 2. The van der Waals surface area contributed by atoms with Crippen molar-refractivity contribution in [3.8, 4) is 0 Å². The second kappa shape index (κ2) is 5.07. The van der Waals surface area contributed by atoms with Gasteiger partial charge in [-0.2, -0.15) is 0 Å². The Balaban J connectivity index is 2.59. The fraction of sp³-hybridized carbons (Fsp3) is 0.214. The molecular formula is C14H13Cl2N. The summed E-state index contributed by atoms with van der Waals surface area (Å²) in [7, 11) is 0. The minimum absolute atomic E-state index is 0.720. The van der Waals surface area contributed by atoms with Gasteiger partial charge in [0.2, 0.25) is 0 Å². The molecule has 0 amide bonds. The molecule has 1 heterocycles. The van der Waals surface area contributed by atoms with Crippen molar-refractivity contribution in [2.45, 2.75) is 20.3 Å². The van der Waals surface area contributed by atoms with Crippen molar-refractivity contribution in [3.05, 3.63) is 51.7 Å². The molecule has 0 aliphatic rings. The van der Waals surface area contributed by atoms with Gasteiger partial charge in [0.1, 0.15) is 0 Å². The van der Waals surface area contributed by atoms with Crippen LogP contribution in [-0.2, 0) is 6.42 Å². The number of fused-ring (bicyclic) bond motifs is 1. The molecule has 2 aromatic rings. The van der Waals surface area contributed by atoms with Gasteiger partial charge in [0.15, 0.2) is 0 Å². The second-order valence-electron chi connectivity index (χ2n) is 4.00. The van der Waals surface area contributed by atoms with Gasteiger partial charge in [-0.05, 0) is 31.9 Å². The summed E-state index contributed by atoms with van der Waals surface area (Å²) >= 11 is 12.3. The van der Waals surface area contributed by atoms with E-state index in [9.17, 15) is 0 Å². The first-order chi connectivity index (χ1) is 8.09. The lowest BCUT2D eigenvalue weighted by molar-refractivity contribution is 1.13. The number of hydrogen-bond donors (Lipinski definition) is 0. The number of aryl methyl sites for hydroxylation is 1. The molecule has 2 rings (SSSR count). The van der Waals surface area contributed by atoms with Crippen LogP contribution in [0.3, 0.4) is 0 Å². The molecular weight excluding hydrogens is 253 g/mol. The Kier molecular flexibility index (Phi) is 3.70. The van der Waals surface area contributed by atoms with Crippen molar-refractivity contribution >= 4 is 34.1 Å². The molecule has 0 saturated heterocycles. The number of para-hydroxylation sites is 1. The molecule has 0 aliphatic heterocycles. The molecule has 0 N–H and O–H groups in total. The maximum Gasteiger partial charge on any atom is 0.0720 e. The summed E-state index contributed by atoms with van der Waals surface area (Å²) < 4.78 is 0. The molecule has 88 valence electrons. The van der Waals surface area contributed by atoms with Crippen molar-refractivity contribution < 1.29 is 0 Å². The van der Waals surface area contributed by atoms with Gasteiger partial charge in [0.25, 0.3) is 0 Å². The summed E-state index contributed by atoms with van der Waals surface area (Å²) in [4.78, 5) is 4.56. The molecule has 0 aliphatic carbocycles. The normalized spacial score (nSPS) is 12.1. The SMILES string of the molecule is C/C(Cl)=C/Cc1c(C)nc2ccccc2c1Cl. The summed E-state index contributed by atoms with van der Waals surface area (Å²) in [6.45, 7) is 3.84. The van der Waals surface area contributed by atoms with E-state index in [1.165, 1.54) is 0 Å². The van der Waals surface area contributed by atoms with E-state index < -0.39 is 0 Å². The molecule has 1 aromatic carbocycles. The van der Waals surface area contributed by atoms with E-state index in [-0.39, 0.29) is 0 Å². The number of aromatic nitrogens is 1. The molecule has 1 nitrogen and oxygen atoms in total. The third-order valence-electron chi connectivity index (χ3n) is 2.72. The highest BCUT2D eigenvalue weighted by Crippen LogP contribution is 2.28. The van der Waals surface area contributed by atoms with Crippen LogP contribution in [0.2, 0.25) is 5.02 Å². The van der Waals surface area contributed by atoms with E-state index >= 15 is 0 Å². The van der Waals surface area contributed by atoms with Crippen LogP contribution in [0.4, 0.5) is 0 Å². The molecule has 0 fully saturated rings. The zero-order valence-electron chi connectivity index (χ0n) is 9.80. The molecule has 0 spiro atoms. The van der Waals surface area contributed by atoms with E-state index in [0.29, 0.717) is 0 Å². The maximum absolute atomic E-state index is 6.42. The average Bonchev–Trinajstić information content (AvgIpc) is 2.28. The topological polar surface area (TPSA) is 12.9 Å². The van der Waals surface area contributed by atoms with Gasteiger partial charge < -0.3 is 0 Å². The maximum atomic E-state index is 6.42. The number of benzene rings is 1. The van der Waals surface area contributed by atoms with E-state index in [4.69, 9.17) is 23.2 Å². The second-order valence-corrected chi connectivity index (χ2v) is 4.98. The highest BCUT2D eigenvalue weighted by Gasteiger charge is 2.09. The lowest BCUT2D eigenvalue weighted by Crippen LogP contribution is -1.95. The van der Waals surface area contributed by atoms with E-state index in [2.05, 4.69) is 4.98 Å². The smallest absolute Gasteiger partial charge is 0.0720 e. The van der Waals surface area contributed by atoms with Crippen molar-refractivity contribution in [2.75, 3.05) is 0 Å². The quantitative estimate of drug-likeness (QED) is 0.754. The first-order valence-electron chi connectivity index (χ1n) is 5.45. The third-order valence-corrected chi connectivity index (χ3v) is 3.30. The Labute approximate surface area is 111 Å². The van der Waals surface area contributed by atoms with Crippen molar-refractivity contribution in [3.63, 3.8) is 0 Å². The fourth-order valence-electron chi connectivity index (χ4n) is 1.81. The zero-order valence-corrected chi connectivity index (χ0v) is 11.3. The summed E-state index contributed by atoms with van der Waals surface area (Å²) in [6.07, 6.45) is 2.67. The standard InChI is InChI=1S/C14H13Cl2N/c1-9(15)7-8-11-10(2)17-13-6-4-3-5-12(13)14(11)16/h3-7H,8H2,1-2H3/b9-7-. The molecule has 0 bridgehead atoms. The first kappa shape index (κ1) is 12.4. The van der Waals surface area contributed by atoms with E-state index in [1.807, 2.05) is 44.2 Å². The largest absolute Gasteiger partial charge is 0.253 e. The first-order valence-corrected chi connectivity index (χ1v) is 6.21. The highest BCUT2D eigenvalue weighted by molar-refractivity contribution is 6.36. The minimum atomic E-state index is 0.720. The summed E-state index contributed by atoms with van der Waals surface area (Å²) in [6, 6.07) is 7.90. The van der Waals surface area contributed by atoms with Gasteiger partial charge >= 0.3 is 0 Å². The van der Waals surface area contributed by atoms with Crippen LogP contribution in [0.25, 0.3) is 10.9 Å². The summed E-state index contributed by atoms with van der Waals surface area (Å²) in [5.41, 5.74) is 2.94. The van der Waals surface area contributed by atoms with E-state index in [0.717, 1.165) is 38.6 Å². The molecule has 17 heavy (non-hydrogen) atoms. The predicted molar refractivity (Wildman–Crippen MR) is 74.8 cm³/mol. The van der Waals surface area contributed by atoms with Crippen LogP contribution < -0.4 is 0 Å². The molecule has 0 radical (unpaired) electrons. The predicted octanol–water partition coefficient (Wildman–Crippen LogP) is 4.88. The highest BCUT2D eigenvalue weighted by atomic mass is 35.5. The van der Waals surface area contributed by atoms with Crippen LogP contribution in [0.5, 0.6) is 0 Å². The van der Waals surface area contributed by atoms with Crippen LogP contribution >= 0.6 is 23.2 Å². The number of hydrogen-bond acceptors (Lipinski definition) is 1. The van der Waals surface area contributed by atoms with Crippen molar-refractivity contribution in [1.82, 2.24) is 4.98 Å². The van der Waals surface area contributed by atoms with Gasteiger partial charge in [0.05, 0.1) is 10.5 Å². The number of nitrogens with zero attached hydrogens (tertiary/aromatic N) is 1. The van der Waals surface area contributed by atoms with Gasteiger partial charge in [-0.15, -0.1) is 0 Å². The lowest BCUT2D eigenvalue weighted by Gasteiger charge is -2.09. The average molecular weight is 266 g/mol. The van der Waals surface area contributed by atoms with Crippen LogP contribution in [0.15, 0.2) is 35.4 Å². The lowest BCUT2D eigenvalue weighted by atomic mass is 10.1. The van der Waals surface area contributed by atoms with Gasteiger partial charge in [0, 0.05) is 16.1 Å². The van der Waals surface area contributed by atoms with Gasteiger partial charge in [-0.3, -0.25) is 4.98 Å². The van der Waals surface area contributed by atoms with Crippen molar-refractivity contribution in [2.24, 2.45) is 0 Å². The molecule has 0 atom stereocenters. The summed E-state index contributed by atoms with van der Waals surface area (Å²) in [5.74, 6) is 0. The molecule has 3 heteroatoms. The number of halogens is 2. The summed E-state index contributed by atoms with van der Waals surface area (Å²) in [5, 5.41) is 2.55. The van der Waals surface area contributed by atoms with Gasteiger partial charge in [-0.1, -0.05) is 47.5 Å². The Morgan fingerprint density at radius 3 is 2.76 bits per heavy atom. The number of allylic oxidation sites excluding steroid dienone is 2. The van der Waals surface area contributed by atoms with Crippen LogP contribution in [0, 0.1) is 6.92 Å². The monoisotopic (exact) mass is 265 g/mol. The fourth-order valence-corrected chi connectivity index (χ4v) is 2.26. The van der Waals surface area contributed by atoms with E-state index in [1.54, 1.807) is 0 Å². The Morgan fingerprint density at radius 1 is 1.35 bits per heavy atom. The Bertz CT molecular complexity index is 584. The Morgan fingerprint density at radius 2 is 2.06 bits per heavy atom. The van der Waals surface area contributed by atoms with Gasteiger partial charge in [-0.25, -0.2) is 0 Å². The molecule has 0 unspecified atom stereocenters.